The number of anilines is 1. The highest BCUT2D eigenvalue weighted by Gasteiger charge is 2.21. The van der Waals surface area contributed by atoms with Crippen LogP contribution in [0, 0.1) is 6.92 Å². The Morgan fingerprint density at radius 3 is 2.31 bits per heavy atom. The summed E-state index contributed by atoms with van der Waals surface area (Å²) in [4.78, 5) is 16.5. The van der Waals surface area contributed by atoms with Gasteiger partial charge in [-0.25, -0.2) is 0 Å². The number of hydrogen-bond acceptors (Lipinski definition) is 4. The van der Waals surface area contributed by atoms with Crippen LogP contribution in [0.15, 0.2) is 42.5 Å². The van der Waals surface area contributed by atoms with E-state index in [0.29, 0.717) is 23.9 Å². The van der Waals surface area contributed by atoms with E-state index < -0.39 is 0 Å². The summed E-state index contributed by atoms with van der Waals surface area (Å²) in [6.45, 7) is 4.94. The summed E-state index contributed by atoms with van der Waals surface area (Å²) in [6, 6.07) is 13.4. The van der Waals surface area contributed by atoms with Crippen LogP contribution in [-0.4, -0.2) is 50.7 Å². The molecule has 2 aromatic carbocycles. The second-order valence-corrected chi connectivity index (χ2v) is 6.67. The van der Waals surface area contributed by atoms with Gasteiger partial charge in [0.15, 0.2) is 6.61 Å². The van der Waals surface area contributed by atoms with Crippen LogP contribution in [0.5, 0.6) is 11.5 Å². The number of halogens is 1. The first-order chi connectivity index (χ1) is 12.6. The van der Waals surface area contributed by atoms with Gasteiger partial charge in [-0.05, 0) is 55.0 Å². The third kappa shape index (κ3) is 4.41. The number of nitrogens with zero attached hydrogens (tertiary/aromatic N) is 2. The van der Waals surface area contributed by atoms with Crippen molar-refractivity contribution in [2.24, 2.45) is 0 Å². The van der Waals surface area contributed by atoms with Crippen LogP contribution in [0.4, 0.5) is 5.69 Å². The Bertz CT molecular complexity index is 756. The van der Waals surface area contributed by atoms with Gasteiger partial charge in [-0.15, -0.1) is 0 Å². The van der Waals surface area contributed by atoms with Gasteiger partial charge < -0.3 is 19.3 Å². The zero-order valence-electron chi connectivity index (χ0n) is 15.1. The van der Waals surface area contributed by atoms with Gasteiger partial charge >= 0.3 is 0 Å². The van der Waals surface area contributed by atoms with Crippen LogP contribution in [0.3, 0.4) is 0 Å². The lowest BCUT2D eigenvalue weighted by Gasteiger charge is -2.36. The van der Waals surface area contributed by atoms with E-state index in [-0.39, 0.29) is 12.5 Å². The predicted octanol–water partition coefficient (Wildman–Crippen LogP) is 3.38. The highest BCUT2D eigenvalue weighted by molar-refractivity contribution is 6.31. The zero-order valence-corrected chi connectivity index (χ0v) is 15.8. The van der Waals surface area contributed by atoms with Gasteiger partial charge in [0.2, 0.25) is 0 Å². The number of hydrogen-bond donors (Lipinski definition) is 0. The molecule has 0 aliphatic carbocycles. The molecule has 1 amide bonds. The van der Waals surface area contributed by atoms with Gasteiger partial charge in [0, 0.05) is 36.9 Å². The molecule has 2 aromatic rings. The van der Waals surface area contributed by atoms with Crippen LogP contribution in [0.25, 0.3) is 0 Å². The molecule has 26 heavy (non-hydrogen) atoms. The number of amides is 1. The fourth-order valence-electron chi connectivity index (χ4n) is 2.95. The number of methoxy groups -OCH3 is 1. The third-order valence-corrected chi connectivity index (χ3v) is 4.99. The van der Waals surface area contributed by atoms with Gasteiger partial charge in [0.1, 0.15) is 11.5 Å². The molecule has 1 aliphatic heterocycles. The van der Waals surface area contributed by atoms with Crippen molar-refractivity contribution in [1.29, 1.82) is 0 Å². The molecule has 138 valence electrons. The summed E-state index contributed by atoms with van der Waals surface area (Å²) in [5.74, 6) is 1.52. The van der Waals surface area contributed by atoms with Gasteiger partial charge in [0.05, 0.1) is 7.11 Å². The molecule has 1 saturated heterocycles. The Labute approximate surface area is 159 Å². The van der Waals surface area contributed by atoms with Crippen LogP contribution >= 0.6 is 11.6 Å². The number of carbonyl (C=O) groups excluding carboxylic acids is 1. The van der Waals surface area contributed by atoms with E-state index in [9.17, 15) is 4.79 Å². The largest absolute Gasteiger partial charge is 0.497 e. The van der Waals surface area contributed by atoms with Crippen molar-refractivity contribution in [3.05, 3.63) is 53.1 Å². The second-order valence-electron chi connectivity index (χ2n) is 6.27. The van der Waals surface area contributed by atoms with Gasteiger partial charge in [-0.3, -0.25) is 4.79 Å². The fourth-order valence-corrected chi connectivity index (χ4v) is 3.07. The molecule has 0 radical (unpaired) electrons. The molecule has 0 N–H and O–H groups in total. The van der Waals surface area contributed by atoms with Crippen molar-refractivity contribution in [2.75, 3.05) is 44.8 Å². The maximum Gasteiger partial charge on any atom is 0.260 e. The third-order valence-electron chi connectivity index (χ3n) is 4.56. The monoisotopic (exact) mass is 374 g/mol. The summed E-state index contributed by atoms with van der Waals surface area (Å²) in [5.41, 5.74) is 2.08. The van der Waals surface area contributed by atoms with Crippen LogP contribution in [0.2, 0.25) is 5.02 Å². The first kappa shape index (κ1) is 18.4. The molecule has 1 heterocycles. The maximum absolute atomic E-state index is 12.4. The first-order valence-corrected chi connectivity index (χ1v) is 9.00. The number of ether oxygens (including phenoxy) is 2. The molecule has 1 aliphatic rings. The van der Waals surface area contributed by atoms with Gasteiger partial charge in [-0.1, -0.05) is 11.6 Å². The quantitative estimate of drug-likeness (QED) is 0.804. The van der Waals surface area contributed by atoms with E-state index in [0.717, 1.165) is 30.1 Å². The Hall–Kier alpha value is -2.40. The number of carbonyl (C=O) groups is 1. The molecular formula is C20H23ClN2O3. The Balaban J connectivity index is 1.49. The maximum atomic E-state index is 12.4. The minimum atomic E-state index is 0.00647. The summed E-state index contributed by atoms with van der Waals surface area (Å²) in [7, 11) is 1.66. The van der Waals surface area contributed by atoms with Crippen molar-refractivity contribution in [2.45, 2.75) is 6.92 Å². The van der Waals surface area contributed by atoms with Crippen LogP contribution in [-0.2, 0) is 4.79 Å². The molecule has 6 heteroatoms. The minimum absolute atomic E-state index is 0.00647. The van der Waals surface area contributed by atoms with Crippen molar-refractivity contribution >= 4 is 23.2 Å². The molecule has 0 spiro atoms. The van der Waals surface area contributed by atoms with Crippen LogP contribution < -0.4 is 14.4 Å². The van der Waals surface area contributed by atoms with E-state index >= 15 is 0 Å². The normalized spacial score (nSPS) is 14.3. The van der Waals surface area contributed by atoms with E-state index in [1.165, 1.54) is 0 Å². The van der Waals surface area contributed by atoms with Crippen molar-refractivity contribution in [1.82, 2.24) is 4.90 Å². The summed E-state index contributed by atoms with van der Waals surface area (Å²) < 4.78 is 10.8. The highest BCUT2D eigenvalue weighted by Crippen LogP contribution is 2.22. The Morgan fingerprint density at radius 2 is 1.69 bits per heavy atom. The summed E-state index contributed by atoms with van der Waals surface area (Å²) in [5, 5.41) is 0.693. The van der Waals surface area contributed by atoms with Crippen molar-refractivity contribution < 1.29 is 14.3 Å². The molecule has 0 unspecified atom stereocenters. The van der Waals surface area contributed by atoms with Gasteiger partial charge in [0.25, 0.3) is 5.91 Å². The Morgan fingerprint density at radius 1 is 1.04 bits per heavy atom. The SMILES string of the molecule is COc1ccc(N2CCN(C(=O)COc3ccc(Cl)c(C)c3)CC2)cc1. The van der Waals surface area contributed by atoms with Crippen LogP contribution in [0.1, 0.15) is 5.56 Å². The van der Waals surface area contributed by atoms with Crippen molar-refractivity contribution in [3.8, 4) is 11.5 Å². The van der Waals surface area contributed by atoms with E-state index in [4.69, 9.17) is 21.1 Å². The minimum Gasteiger partial charge on any atom is -0.497 e. The smallest absolute Gasteiger partial charge is 0.260 e. The molecule has 0 aromatic heterocycles. The van der Waals surface area contributed by atoms with Crippen molar-refractivity contribution in [3.63, 3.8) is 0 Å². The number of rotatable bonds is 5. The highest BCUT2D eigenvalue weighted by atomic mass is 35.5. The molecule has 0 saturated carbocycles. The standard InChI is InChI=1S/C20H23ClN2O3/c1-15-13-18(7-8-19(15)21)26-14-20(24)23-11-9-22(10-12-23)16-3-5-17(25-2)6-4-16/h3-8,13H,9-12,14H2,1-2H3. The first-order valence-electron chi connectivity index (χ1n) is 8.62. The average Bonchev–Trinajstić information content (AvgIpc) is 2.69. The molecule has 1 fully saturated rings. The van der Waals surface area contributed by atoms with Gasteiger partial charge in [-0.2, -0.15) is 0 Å². The molecule has 0 bridgehead atoms. The summed E-state index contributed by atoms with van der Waals surface area (Å²) >= 11 is 6.00. The number of benzene rings is 2. The average molecular weight is 375 g/mol. The lowest BCUT2D eigenvalue weighted by atomic mass is 10.2. The van der Waals surface area contributed by atoms with E-state index in [1.54, 1.807) is 19.2 Å². The Kier molecular flexibility index (Phi) is 5.89. The lowest BCUT2D eigenvalue weighted by Crippen LogP contribution is -2.50. The molecule has 5 nitrogen and oxygen atoms in total. The molecular weight excluding hydrogens is 352 g/mol. The van der Waals surface area contributed by atoms with E-state index in [2.05, 4.69) is 4.90 Å². The number of piperazine rings is 1. The van der Waals surface area contributed by atoms with E-state index in [1.807, 2.05) is 42.2 Å². The fraction of sp³-hybridized carbons (Fsp3) is 0.350. The summed E-state index contributed by atoms with van der Waals surface area (Å²) in [6.07, 6.45) is 0. The molecule has 0 atom stereocenters. The topological polar surface area (TPSA) is 42.0 Å². The zero-order chi connectivity index (χ0) is 18.5. The second kappa shape index (κ2) is 8.32. The number of aryl methyl sites for hydroxylation is 1. The predicted molar refractivity (Wildman–Crippen MR) is 103 cm³/mol. The lowest BCUT2D eigenvalue weighted by molar-refractivity contribution is -0.133. The molecule has 3 rings (SSSR count).